The van der Waals surface area contributed by atoms with Crippen LogP contribution in [0, 0.1) is 0 Å². The quantitative estimate of drug-likeness (QED) is 0.381. The van der Waals surface area contributed by atoms with Crippen molar-refractivity contribution in [3.8, 4) is 16.9 Å². The number of carbonyl (C=O) groups is 1. The van der Waals surface area contributed by atoms with Gasteiger partial charge < -0.3 is 14.8 Å². The summed E-state index contributed by atoms with van der Waals surface area (Å²) in [5.74, 6) is 0.174. The van der Waals surface area contributed by atoms with Gasteiger partial charge in [-0.3, -0.25) is 0 Å². The molecule has 0 atom stereocenters. The zero-order chi connectivity index (χ0) is 24.0. The summed E-state index contributed by atoms with van der Waals surface area (Å²) in [6.07, 6.45) is -0.557. The average Bonchev–Trinajstić information content (AvgIpc) is 3.15. The molecule has 0 aliphatic heterocycles. The number of rotatable bonds is 8. The molecule has 1 aliphatic rings. The van der Waals surface area contributed by atoms with Gasteiger partial charge in [0.1, 0.15) is 12.4 Å². The SMILES string of the molecule is O=C(NCCC=Cc1ccc(OCC(F)(F)F)cc1)OCC1c2ccccc2-c2ccccc21. The largest absolute Gasteiger partial charge is 0.484 e. The number of hydrogen-bond donors (Lipinski definition) is 1. The number of amides is 1. The Hall–Kier alpha value is -3.74. The Morgan fingerprint density at radius 3 is 2.15 bits per heavy atom. The van der Waals surface area contributed by atoms with Crippen molar-refractivity contribution in [3.63, 3.8) is 0 Å². The average molecular weight is 467 g/mol. The molecular weight excluding hydrogens is 443 g/mol. The van der Waals surface area contributed by atoms with Gasteiger partial charge in [0.15, 0.2) is 6.61 Å². The van der Waals surface area contributed by atoms with Crippen LogP contribution in [0.5, 0.6) is 5.75 Å². The molecule has 3 aromatic rings. The van der Waals surface area contributed by atoms with E-state index in [9.17, 15) is 18.0 Å². The number of fused-ring (bicyclic) bond motifs is 3. The van der Waals surface area contributed by atoms with Crippen molar-refractivity contribution in [2.75, 3.05) is 19.8 Å². The van der Waals surface area contributed by atoms with E-state index in [0.717, 1.165) is 16.7 Å². The van der Waals surface area contributed by atoms with Crippen LogP contribution in [0.15, 0.2) is 78.9 Å². The van der Waals surface area contributed by atoms with Crippen LogP contribution < -0.4 is 10.1 Å². The molecule has 176 valence electrons. The second-order valence-corrected chi connectivity index (χ2v) is 7.92. The third kappa shape index (κ3) is 5.98. The van der Waals surface area contributed by atoms with Gasteiger partial charge in [0.05, 0.1) is 0 Å². The summed E-state index contributed by atoms with van der Waals surface area (Å²) in [4.78, 5) is 12.2. The normalized spacial score (nSPS) is 12.9. The Labute approximate surface area is 196 Å². The van der Waals surface area contributed by atoms with Crippen molar-refractivity contribution in [1.29, 1.82) is 0 Å². The smallest absolute Gasteiger partial charge is 0.422 e. The van der Waals surface area contributed by atoms with Crippen LogP contribution in [0.1, 0.15) is 29.0 Å². The molecule has 0 spiro atoms. The highest BCUT2D eigenvalue weighted by Gasteiger charge is 2.29. The van der Waals surface area contributed by atoms with E-state index in [1.165, 1.54) is 23.3 Å². The van der Waals surface area contributed by atoms with Gasteiger partial charge in [-0.05, 0) is 46.4 Å². The second kappa shape index (κ2) is 10.5. The zero-order valence-corrected chi connectivity index (χ0v) is 18.3. The van der Waals surface area contributed by atoms with Crippen LogP contribution >= 0.6 is 0 Å². The maximum atomic E-state index is 12.2. The Bertz CT molecular complexity index is 1110. The molecule has 4 rings (SSSR count). The number of hydrogen-bond acceptors (Lipinski definition) is 3. The van der Waals surface area contributed by atoms with Crippen LogP contribution in [0.3, 0.4) is 0 Å². The molecule has 0 aromatic heterocycles. The number of halogens is 3. The minimum absolute atomic E-state index is 0.0149. The summed E-state index contributed by atoms with van der Waals surface area (Å²) < 4.78 is 46.7. The van der Waals surface area contributed by atoms with Crippen molar-refractivity contribution in [3.05, 3.63) is 95.6 Å². The molecule has 0 heterocycles. The van der Waals surface area contributed by atoms with Gasteiger partial charge in [-0.15, -0.1) is 0 Å². The van der Waals surface area contributed by atoms with Crippen LogP contribution in [0.4, 0.5) is 18.0 Å². The van der Waals surface area contributed by atoms with Crippen LogP contribution in [0.25, 0.3) is 17.2 Å². The van der Waals surface area contributed by atoms with Crippen molar-refractivity contribution in [2.24, 2.45) is 0 Å². The molecule has 4 nitrogen and oxygen atoms in total. The monoisotopic (exact) mass is 467 g/mol. The highest BCUT2D eigenvalue weighted by Crippen LogP contribution is 2.44. The molecule has 0 bridgehead atoms. The number of nitrogens with one attached hydrogen (secondary N) is 1. The summed E-state index contributed by atoms with van der Waals surface area (Å²) >= 11 is 0. The summed E-state index contributed by atoms with van der Waals surface area (Å²) in [6, 6.07) is 22.6. The summed E-state index contributed by atoms with van der Waals surface area (Å²) in [5.41, 5.74) is 5.50. The van der Waals surface area contributed by atoms with E-state index in [1.54, 1.807) is 12.1 Å². The van der Waals surface area contributed by atoms with E-state index in [2.05, 4.69) is 34.3 Å². The predicted molar refractivity (Wildman–Crippen MR) is 125 cm³/mol. The Balaban J connectivity index is 1.20. The topological polar surface area (TPSA) is 47.6 Å². The number of alkyl carbamates (subject to hydrolysis) is 1. The van der Waals surface area contributed by atoms with Gasteiger partial charge in [0.25, 0.3) is 0 Å². The first-order valence-corrected chi connectivity index (χ1v) is 11.0. The molecule has 1 amide bonds. The number of ether oxygens (including phenoxy) is 2. The number of carbonyl (C=O) groups excluding carboxylic acids is 1. The zero-order valence-electron chi connectivity index (χ0n) is 18.3. The third-order valence-electron chi connectivity index (χ3n) is 5.52. The summed E-state index contributed by atoms with van der Waals surface area (Å²) in [7, 11) is 0. The minimum Gasteiger partial charge on any atom is -0.484 e. The molecule has 1 N–H and O–H groups in total. The Morgan fingerprint density at radius 2 is 1.53 bits per heavy atom. The number of alkyl halides is 3. The fourth-order valence-electron chi connectivity index (χ4n) is 3.97. The van der Waals surface area contributed by atoms with Crippen molar-refractivity contribution in [2.45, 2.75) is 18.5 Å². The first kappa shape index (κ1) is 23.4. The van der Waals surface area contributed by atoms with Crippen LogP contribution in [0.2, 0.25) is 0 Å². The molecule has 0 radical (unpaired) electrons. The molecule has 3 aromatic carbocycles. The summed E-state index contributed by atoms with van der Waals surface area (Å²) in [5, 5.41) is 2.74. The lowest BCUT2D eigenvalue weighted by molar-refractivity contribution is -0.153. The number of benzene rings is 3. The molecule has 34 heavy (non-hydrogen) atoms. The summed E-state index contributed by atoms with van der Waals surface area (Å²) in [6.45, 7) is -0.651. The minimum atomic E-state index is -4.36. The van der Waals surface area contributed by atoms with E-state index in [1.807, 2.05) is 36.4 Å². The Morgan fingerprint density at radius 1 is 0.912 bits per heavy atom. The van der Waals surface area contributed by atoms with E-state index in [0.29, 0.717) is 13.0 Å². The fourth-order valence-corrected chi connectivity index (χ4v) is 3.97. The molecule has 0 saturated heterocycles. The van der Waals surface area contributed by atoms with Gasteiger partial charge in [0, 0.05) is 12.5 Å². The van der Waals surface area contributed by atoms with Gasteiger partial charge in [-0.1, -0.05) is 72.8 Å². The van der Waals surface area contributed by atoms with E-state index < -0.39 is 18.9 Å². The lowest BCUT2D eigenvalue weighted by Crippen LogP contribution is -2.26. The van der Waals surface area contributed by atoms with Crippen LogP contribution in [-0.2, 0) is 4.74 Å². The third-order valence-corrected chi connectivity index (χ3v) is 5.52. The molecule has 0 fully saturated rings. The highest BCUT2D eigenvalue weighted by molar-refractivity contribution is 5.79. The van der Waals surface area contributed by atoms with Gasteiger partial charge in [0.2, 0.25) is 0 Å². The highest BCUT2D eigenvalue weighted by atomic mass is 19.4. The molecular formula is C27H24F3NO3. The molecule has 0 unspecified atom stereocenters. The molecule has 7 heteroatoms. The standard InChI is InChI=1S/C27H24F3NO3/c28-27(29,30)18-34-20-14-12-19(13-15-20)7-5-6-16-31-26(32)33-17-25-23-10-3-1-8-21(23)22-9-2-4-11-24(22)25/h1-5,7-15,25H,6,16-18H2,(H,31,32). The van der Waals surface area contributed by atoms with E-state index in [4.69, 9.17) is 4.74 Å². The first-order valence-electron chi connectivity index (χ1n) is 11.0. The van der Waals surface area contributed by atoms with Crippen molar-refractivity contribution >= 4 is 12.2 Å². The first-order chi connectivity index (χ1) is 16.4. The second-order valence-electron chi connectivity index (χ2n) is 7.92. The maximum Gasteiger partial charge on any atom is 0.422 e. The fraction of sp³-hybridized carbons (Fsp3) is 0.222. The van der Waals surface area contributed by atoms with Gasteiger partial charge >= 0.3 is 12.3 Å². The molecule has 0 saturated carbocycles. The van der Waals surface area contributed by atoms with E-state index in [-0.39, 0.29) is 18.3 Å². The lowest BCUT2D eigenvalue weighted by Gasteiger charge is -2.14. The Kier molecular flexibility index (Phi) is 7.21. The van der Waals surface area contributed by atoms with E-state index >= 15 is 0 Å². The lowest BCUT2D eigenvalue weighted by atomic mass is 9.98. The van der Waals surface area contributed by atoms with Crippen molar-refractivity contribution < 1.29 is 27.4 Å². The van der Waals surface area contributed by atoms with Gasteiger partial charge in [-0.2, -0.15) is 13.2 Å². The maximum absolute atomic E-state index is 12.2. The predicted octanol–water partition coefficient (Wildman–Crippen LogP) is 6.57. The van der Waals surface area contributed by atoms with Crippen molar-refractivity contribution in [1.82, 2.24) is 5.32 Å². The van der Waals surface area contributed by atoms with Crippen LogP contribution in [-0.4, -0.2) is 32.0 Å². The van der Waals surface area contributed by atoms with Gasteiger partial charge in [-0.25, -0.2) is 4.79 Å². The molecule has 1 aliphatic carbocycles.